The largest absolute Gasteiger partial charge is 0.506 e. The van der Waals surface area contributed by atoms with Crippen LogP contribution in [0.15, 0.2) is 18.2 Å². The summed E-state index contributed by atoms with van der Waals surface area (Å²) in [6, 6.07) is 3.80. The Balaban J connectivity index is 2.82. The predicted molar refractivity (Wildman–Crippen MR) is 52.7 cm³/mol. The minimum Gasteiger partial charge on any atom is -0.506 e. The summed E-state index contributed by atoms with van der Waals surface area (Å²) < 4.78 is 26.2. The minimum atomic E-state index is -0.970. The summed E-state index contributed by atoms with van der Waals surface area (Å²) in [4.78, 5) is 3.89. The standard InChI is InChI=1S/C11H9F2NO/c1-2-8-9(15)5-6-3-4-7(12)10(13)11(6)14-8/h3-5,15H,2H2,1H3. The second-order valence-corrected chi connectivity index (χ2v) is 3.24. The van der Waals surface area contributed by atoms with E-state index in [0.29, 0.717) is 17.5 Å². The molecule has 2 rings (SSSR count). The Hall–Kier alpha value is -1.71. The van der Waals surface area contributed by atoms with Gasteiger partial charge in [-0.3, -0.25) is 0 Å². The van der Waals surface area contributed by atoms with Gasteiger partial charge in [-0.15, -0.1) is 0 Å². The van der Waals surface area contributed by atoms with E-state index in [2.05, 4.69) is 4.98 Å². The maximum Gasteiger partial charge on any atom is 0.184 e. The third-order valence-electron chi connectivity index (χ3n) is 2.27. The molecule has 2 aromatic rings. The van der Waals surface area contributed by atoms with Crippen molar-refractivity contribution in [1.29, 1.82) is 0 Å². The number of benzene rings is 1. The van der Waals surface area contributed by atoms with E-state index in [0.717, 1.165) is 6.07 Å². The first-order chi connectivity index (χ1) is 7.13. The molecule has 0 aliphatic heterocycles. The molecule has 1 N–H and O–H groups in total. The molecular formula is C11H9F2NO. The van der Waals surface area contributed by atoms with Gasteiger partial charge < -0.3 is 5.11 Å². The zero-order valence-corrected chi connectivity index (χ0v) is 8.09. The molecule has 78 valence electrons. The van der Waals surface area contributed by atoms with Crippen molar-refractivity contribution in [2.24, 2.45) is 0 Å². The van der Waals surface area contributed by atoms with Gasteiger partial charge in [0.1, 0.15) is 11.3 Å². The highest BCUT2D eigenvalue weighted by atomic mass is 19.2. The van der Waals surface area contributed by atoms with E-state index in [-0.39, 0.29) is 11.3 Å². The highest BCUT2D eigenvalue weighted by Crippen LogP contribution is 2.25. The second-order valence-electron chi connectivity index (χ2n) is 3.24. The third-order valence-corrected chi connectivity index (χ3v) is 2.27. The van der Waals surface area contributed by atoms with Crippen molar-refractivity contribution < 1.29 is 13.9 Å². The van der Waals surface area contributed by atoms with Crippen LogP contribution in [0, 0.1) is 11.6 Å². The quantitative estimate of drug-likeness (QED) is 0.783. The number of halogens is 2. The van der Waals surface area contributed by atoms with Gasteiger partial charge in [-0.25, -0.2) is 13.8 Å². The summed E-state index contributed by atoms with van der Waals surface area (Å²) >= 11 is 0. The Kier molecular flexibility index (Phi) is 2.26. The fraction of sp³-hybridized carbons (Fsp3) is 0.182. The first kappa shape index (κ1) is 9.83. The molecule has 0 radical (unpaired) electrons. The highest BCUT2D eigenvalue weighted by molar-refractivity contribution is 5.81. The lowest BCUT2D eigenvalue weighted by Gasteiger charge is -2.04. The number of rotatable bonds is 1. The smallest absolute Gasteiger partial charge is 0.184 e. The van der Waals surface area contributed by atoms with Crippen LogP contribution in [0.2, 0.25) is 0 Å². The Labute approximate surface area is 85.2 Å². The Morgan fingerprint density at radius 3 is 2.73 bits per heavy atom. The zero-order valence-electron chi connectivity index (χ0n) is 8.09. The van der Waals surface area contributed by atoms with Gasteiger partial charge >= 0.3 is 0 Å². The van der Waals surface area contributed by atoms with Crippen LogP contribution in [0.5, 0.6) is 5.75 Å². The van der Waals surface area contributed by atoms with Gasteiger partial charge in [-0.2, -0.15) is 0 Å². The fourth-order valence-electron chi connectivity index (χ4n) is 1.47. The predicted octanol–water partition coefficient (Wildman–Crippen LogP) is 2.78. The Bertz CT molecular complexity index is 525. The van der Waals surface area contributed by atoms with Crippen molar-refractivity contribution in [2.45, 2.75) is 13.3 Å². The number of nitrogens with zero attached hydrogens (tertiary/aromatic N) is 1. The van der Waals surface area contributed by atoms with Crippen molar-refractivity contribution in [3.63, 3.8) is 0 Å². The summed E-state index contributed by atoms with van der Waals surface area (Å²) in [5.41, 5.74) is 0.330. The van der Waals surface area contributed by atoms with Crippen molar-refractivity contribution in [2.75, 3.05) is 0 Å². The second kappa shape index (κ2) is 3.46. The van der Waals surface area contributed by atoms with Crippen LogP contribution >= 0.6 is 0 Å². The number of fused-ring (bicyclic) bond motifs is 1. The van der Waals surface area contributed by atoms with E-state index in [9.17, 15) is 13.9 Å². The van der Waals surface area contributed by atoms with Crippen LogP contribution in [0.3, 0.4) is 0 Å². The van der Waals surface area contributed by atoms with Gasteiger partial charge in [0.15, 0.2) is 11.6 Å². The van der Waals surface area contributed by atoms with Gasteiger partial charge in [0, 0.05) is 5.39 Å². The van der Waals surface area contributed by atoms with Crippen LogP contribution in [-0.4, -0.2) is 10.1 Å². The molecule has 2 nitrogen and oxygen atoms in total. The molecule has 0 saturated carbocycles. The summed E-state index contributed by atoms with van der Waals surface area (Å²) in [5, 5.41) is 9.88. The molecule has 1 aromatic heterocycles. The number of aromatic hydroxyl groups is 1. The minimum absolute atomic E-state index is 0.0102. The molecule has 0 spiro atoms. The number of hydrogen-bond acceptors (Lipinski definition) is 2. The molecule has 1 heterocycles. The zero-order chi connectivity index (χ0) is 11.0. The highest BCUT2D eigenvalue weighted by Gasteiger charge is 2.11. The first-order valence-corrected chi connectivity index (χ1v) is 4.60. The van der Waals surface area contributed by atoms with Gasteiger partial charge in [0.2, 0.25) is 0 Å². The van der Waals surface area contributed by atoms with Crippen LogP contribution in [0.25, 0.3) is 10.9 Å². The Morgan fingerprint density at radius 1 is 1.33 bits per heavy atom. The van der Waals surface area contributed by atoms with Crippen molar-refractivity contribution >= 4 is 10.9 Å². The lowest BCUT2D eigenvalue weighted by atomic mass is 10.1. The van der Waals surface area contributed by atoms with Crippen LogP contribution in [0.1, 0.15) is 12.6 Å². The van der Waals surface area contributed by atoms with E-state index < -0.39 is 11.6 Å². The van der Waals surface area contributed by atoms with Crippen molar-refractivity contribution in [3.05, 3.63) is 35.5 Å². The average molecular weight is 209 g/mol. The molecule has 0 saturated heterocycles. The van der Waals surface area contributed by atoms with E-state index in [1.165, 1.54) is 12.1 Å². The maximum absolute atomic E-state index is 13.3. The molecule has 0 bridgehead atoms. The van der Waals surface area contributed by atoms with Crippen molar-refractivity contribution in [3.8, 4) is 5.75 Å². The average Bonchev–Trinajstić information content (AvgIpc) is 2.23. The number of aromatic nitrogens is 1. The Morgan fingerprint density at radius 2 is 2.07 bits per heavy atom. The van der Waals surface area contributed by atoms with E-state index in [1.54, 1.807) is 6.92 Å². The number of pyridine rings is 1. The van der Waals surface area contributed by atoms with Crippen LogP contribution < -0.4 is 0 Å². The molecule has 0 atom stereocenters. The monoisotopic (exact) mass is 209 g/mol. The lowest BCUT2D eigenvalue weighted by Crippen LogP contribution is -1.94. The van der Waals surface area contributed by atoms with E-state index in [1.807, 2.05) is 0 Å². The summed E-state index contributed by atoms with van der Waals surface area (Å²) in [6.07, 6.45) is 0.470. The molecule has 0 aliphatic rings. The normalized spacial score (nSPS) is 10.9. The fourth-order valence-corrected chi connectivity index (χ4v) is 1.47. The summed E-state index contributed by atoms with van der Waals surface area (Å²) in [5.74, 6) is -1.89. The molecule has 4 heteroatoms. The van der Waals surface area contributed by atoms with Crippen molar-refractivity contribution in [1.82, 2.24) is 4.98 Å². The lowest BCUT2D eigenvalue weighted by molar-refractivity contribution is 0.465. The number of hydrogen-bond donors (Lipinski definition) is 1. The van der Waals surface area contributed by atoms with E-state index >= 15 is 0 Å². The maximum atomic E-state index is 13.3. The third kappa shape index (κ3) is 1.52. The molecule has 0 amide bonds. The van der Waals surface area contributed by atoms with Gasteiger partial charge in [0.25, 0.3) is 0 Å². The molecule has 15 heavy (non-hydrogen) atoms. The van der Waals surface area contributed by atoms with Gasteiger partial charge in [-0.05, 0) is 24.6 Å². The van der Waals surface area contributed by atoms with Gasteiger partial charge in [-0.1, -0.05) is 6.92 Å². The topological polar surface area (TPSA) is 33.1 Å². The van der Waals surface area contributed by atoms with Crippen LogP contribution in [-0.2, 0) is 6.42 Å². The van der Waals surface area contributed by atoms with Gasteiger partial charge in [0.05, 0.1) is 5.69 Å². The SMILES string of the molecule is CCc1nc2c(F)c(F)ccc2cc1O. The molecule has 0 unspecified atom stereocenters. The molecular weight excluding hydrogens is 200 g/mol. The summed E-state index contributed by atoms with van der Waals surface area (Å²) in [7, 11) is 0. The van der Waals surface area contributed by atoms with Crippen LogP contribution in [0.4, 0.5) is 8.78 Å². The molecule has 1 aromatic carbocycles. The number of aryl methyl sites for hydroxylation is 1. The molecule has 0 aliphatic carbocycles. The van der Waals surface area contributed by atoms with E-state index in [4.69, 9.17) is 0 Å². The first-order valence-electron chi connectivity index (χ1n) is 4.60. The summed E-state index contributed by atoms with van der Waals surface area (Å²) in [6.45, 7) is 1.78. The molecule has 0 fully saturated rings.